The van der Waals surface area contributed by atoms with Crippen LogP contribution < -0.4 is 5.73 Å². The summed E-state index contributed by atoms with van der Waals surface area (Å²) in [4.78, 5) is 50.4. The average Bonchev–Trinajstić information content (AvgIpc) is 3.17. The number of aromatic nitrogens is 2. The number of hydrogen-bond acceptors (Lipinski definition) is 7. The first kappa shape index (κ1) is 26.8. The fourth-order valence-electron chi connectivity index (χ4n) is 5.96. The number of halogens is 4. The minimum Gasteiger partial charge on any atom is -0.334 e. The van der Waals surface area contributed by atoms with Crippen LogP contribution >= 0.6 is 11.3 Å². The van der Waals surface area contributed by atoms with E-state index >= 15 is 0 Å². The van der Waals surface area contributed by atoms with Crippen molar-refractivity contribution in [1.82, 2.24) is 19.8 Å². The second kappa shape index (κ2) is 8.77. The molecule has 4 atom stereocenters. The van der Waals surface area contributed by atoms with Crippen molar-refractivity contribution in [2.45, 2.75) is 45.7 Å². The highest BCUT2D eigenvalue weighted by Gasteiger charge is 2.72. The summed E-state index contributed by atoms with van der Waals surface area (Å²) in [7, 11) is 0. The van der Waals surface area contributed by atoms with Crippen LogP contribution in [0, 0.1) is 24.2 Å². The molecular weight excluding hydrogens is 550 g/mol. The van der Waals surface area contributed by atoms with E-state index < -0.39 is 30.0 Å². The molecule has 0 radical (unpaired) electrons. The van der Waals surface area contributed by atoms with E-state index in [9.17, 15) is 31.9 Å². The lowest BCUT2D eigenvalue weighted by Gasteiger charge is -2.21. The molecule has 1 saturated carbocycles. The fourth-order valence-corrected chi connectivity index (χ4v) is 7.08. The molecule has 0 bridgehead atoms. The zero-order valence-electron chi connectivity index (χ0n) is 21.8. The topological polar surface area (TPSA) is 109 Å². The van der Waals surface area contributed by atoms with E-state index in [0.29, 0.717) is 15.1 Å². The van der Waals surface area contributed by atoms with E-state index in [1.54, 1.807) is 6.07 Å². The van der Waals surface area contributed by atoms with Gasteiger partial charge >= 0.3 is 6.18 Å². The van der Waals surface area contributed by atoms with Gasteiger partial charge in [-0.05, 0) is 36.1 Å². The van der Waals surface area contributed by atoms with Gasteiger partial charge in [0.05, 0.1) is 52.4 Å². The Morgan fingerprint density at radius 2 is 1.85 bits per heavy atom. The number of likely N-dealkylation sites (tertiary alicyclic amines) is 2. The molecule has 210 valence electrons. The number of aryl methyl sites for hydroxylation is 1. The SMILES string of the molecule is Cc1cc(C(F)(F)F)nc(-c2ccnc3cc(CN4C(=O)C5C(C4=O)C5(C)C)sc23)c1C(=O)N1C[C@@H](N)[C@H](F)C1. The van der Waals surface area contributed by atoms with E-state index in [2.05, 4.69) is 9.97 Å². The Balaban J connectivity index is 1.43. The number of alkyl halides is 4. The fraction of sp³-hybridized carbons (Fsp3) is 0.444. The normalized spacial score (nSPS) is 25.7. The van der Waals surface area contributed by atoms with Crippen molar-refractivity contribution in [2.75, 3.05) is 13.1 Å². The van der Waals surface area contributed by atoms with E-state index in [4.69, 9.17) is 5.73 Å². The maximum Gasteiger partial charge on any atom is 0.433 e. The Morgan fingerprint density at radius 1 is 1.18 bits per heavy atom. The Morgan fingerprint density at radius 3 is 2.45 bits per heavy atom. The molecule has 0 aromatic carbocycles. The van der Waals surface area contributed by atoms with Crippen molar-refractivity contribution in [3.63, 3.8) is 0 Å². The number of thiophene rings is 1. The molecule has 2 unspecified atom stereocenters. The van der Waals surface area contributed by atoms with Crippen LogP contribution in [0.3, 0.4) is 0 Å². The number of fused-ring (bicyclic) bond motifs is 2. The van der Waals surface area contributed by atoms with Gasteiger partial charge in [0.15, 0.2) is 0 Å². The smallest absolute Gasteiger partial charge is 0.334 e. The first-order chi connectivity index (χ1) is 18.7. The van der Waals surface area contributed by atoms with Gasteiger partial charge in [0.25, 0.3) is 5.91 Å². The van der Waals surface area contributed by atoms with Crippen molar-refractivity contribution in [1.29, 1.82) is 0 Å². The van der Waals surface area contributed by atoms with Crippen LogP contribution in [-0.2, 0) is 22.3 Å². The maximum absolute atomic E-state index is 14.1. The number of imide groups is 1. The third-order valence-electron chi connectivity index (χ3n) is 8.22. The number of amides is 3. The number of carbonyl (C=O) groups is 3. The van der Waals surface area contributed by atoms with Crippen LogP contribution in [-0.4, -0.2) is 62.8 Å². The van der Waals surface area contributed by atoms with E-state index in [1.165, 1.54) is 29.0 Å². The summed E-state index contributed by atoms with van der Waals surface area (Å²) >= 11 is 1.16. The highest BCUT2D eigenvalue weighted by atomic mass is 32.1. The van der Waals surface area contributed by atoms with Crippen molar-refractivity contribution < 1.29 is 31.9 Å². The van der Waals surface area contributed by atoms with Gasteiger partial charge in [-0.3, -0.25) is 24.3 Å². The molecular formula is C27H25F4N5O3S. The molecule has 2 N–H and O–H groups in total. The molecule has 3 aromatic rings. The van der Waals surface area contributed by atoms with E-state index in [-0.39, 0.29) is 71.1 Å². The molecule has 13 heteroatoms. The number of nitrogens with two attached hydrogens (primary N) is 1. The summed E-state index contributed by atoms with van der Waals surface area (Å²) in [6.07, 6.45) is -4.83. The van der Waals surface area contributed by atoms with Crippen LogP contribution in [0.4, 0.5) is 17.6 Å². The summed E-state index contributed by atoms with van der Waals surface area (Å²) in [6, 6.07) is 3.05. The molecule has 1 aliphatic carbocycles. The Bertz CT molecular complexity index is 1570. The van der Waals surface area contributed by atoms with Crippen LogP contribution in [0.2, 0.25) is 0 Å². The summed E-state index contributed by atoms with van der Waals surface area (Å²) in [6.45, 7) is 4.82. The second-order valence-corrected chi connectivity index (χ2v) is 12.4. The van der Waals surface area contributed by atoms with Gasteiger partial charge in [-0.1, -0.05) is 13.8 Å². The van der Waals surface area contributed by atoms with Gasteiger partial charge in [-0.25, -0.2) is 9.37 Å². The average molecular weight is 576 g/mol. The van der Waals surface area contributed by atoms with Gasteiger partial charge in [0.1, 0.15) is 11.9 Å². The van der Waals surface area contributed by atoms with Crippen LogP contribution in [0.5, 0.6) is 0 Å². The second-order valence-electron chi connectivity index (χ2n) is 11.3. The van der Waals surface area contributed by atoms with Gasteiger partial charge in [0.2, 0.25) is 11.8 Å². The summed E-state index contributed by atoms with van der Waals surface area (Å²) in [5.74, 6) is -1.80. The Labute approximate surface area is 230 Å². The molecule has 3 amide bonds. The van der Waals surface area contributed by atoms with Crippen LogP contribution in [0.25, 0.3) is 21.5 Å². The lowest BCUT2D eigenvalue weighted by atomic mass is 9.99. The minimum absolute atomic E-state index is 0.0194. The lowest BCUT2D eigenvalue weighted by Crippen LogP contribution is -2.35. The summed E-state index contributed by atoms with van der Waals surface area (Å²) in [5, 5.41) is 0. The number of carbonyl (C=O) groups excluding carboxylic acids is 3. The lowest BCUT2D eigenvalue weighted by molar-refractivity contribution is -0.144. The van der Waals surface area contributed by atoms with Crippen molar-refractivity contribution in [3.05, 3.63) is 46.1 Å². The molecule has 6 rings (SSSR count). The third-order valence-corrected chi connectivity index (χ3v) is 9.36. The zero-order valence-corrected chi connectivity index (χ0v) is 22.6. The van der Waals surface area contributed by atoms with Crippen LogP contribution in [0.1, 0.15) is 40.3 Å². The van der Waals surface area contributed by atoms with Gasteiger partial charge in [-0.2, -0.15) is 13.2 Å². The predicted molar refractivity (Wildman–Crippen MR) is 138 cm³/mol. The summed E-state index contributed by atoms with van der Waals surface area (Å²) in [5.41, 5.74) is 4.64. The van der Waals surface area contributed by atoms with E-state index in [0.717, 1.165) is 17.4 Å². The highest BCUT2D eigenvalue weighted by molar-refractivity contribution is 7.19. The van der Waals surface area contributed by atoms with Gasteiger partial charge in [-0.15, -0.1) is 11.3 Å². The first-order valence-corrected chi connectivity index (χ1v) is 13.5. The van der Waals surface area contributed by atoms with Crippen molar-refractivity contribution >= 4 is 39.3 Å². The molecule has 8 nitrogen and oxygen atoms in total. The first-order valence-electron chi connectivity index (χ1n) is 12.7. The number of rotatable bonds is 4. The minimum atomic E-state index is -4.78. The number of nitrogens with zero attached hydrogens (tertiary/aromatic N) is 4. The Kier molecular flexibility index (Phi) is 5.87. The molecule has 3 aromatic heterocycles. The molecule has 2 saturated heterocycles. The third kappa shape index (κ3) is 4.00. The quantitative estimate of drug-likeness (QED) is 0.373. The van der Waals surface area contributed by atoms with Crippen LogP contribution in [0.15, 0.2) is 24.4 Å². The number of pyridine rings is 2. The van der Waals surface area contributed by atoms with E-state index in [1.807, 2.05) is 13.8 Å². The Hall–Kier alpha value is -3.45. The summed E-state index contributed by atoms with van der Waals surface area (Å²) < 4.78 is 56.0. The largest absolute Gasteiger partial charge is 0.433 e. The highest BCUT2D eigenvalue weighted by Crippen LogP contribution is 2.63. The van der Waals surface area contributed by atoms with Crippen molar-refractivity contribution in [3.8, 4) is 11.3 Å². The zero-order chi connectivity index (χ0) is 28.9. The molecule has 40 heavy (non-hydrogen) atoms. The number of hydrogen-bond donors (Lipinski definition) is 1. The van der Waals surface area contributed by atoms with Gasteiger partial charge < -0.3 is 10.6 Å². The van der Waals surface area contributed by atoms with Gasteiger partial charge in [0, 0.05) is 23.2 Å². The standard InChI is InChI=1S/C27H25F4N5O3S/c1-11-6-17(27(29,30)31)34-21(18(11)23(37)35-9-14(28)15(32)10-35)13-4-5-33-16-7-12(40-22(13)16)8-36-24(38)19-20(25(36)39)26(19,2)3/h4-7,14-15,19-20H,8-10,32H2,1-3H3/t14-,15-,19?,20?/m1/s1. The maximum atomic E-state index is 14.1. The monoisotopic (exact) mass is 575 g/mol. The molecule has 3 fully saturated rings. The molecule has 5 heterocycles. The predicted octanol–water partition coefficient (Wildman–Crippen LogP) is 3.95. The van der Waals surface area contributed by atoms with Crippen molar-refractivity contribution in [2.24, 2.45) is 23.0 Å². The number of piperidine rings is 1. The molecule has 3 aliphatic rings. The molecule has 0 spiro atoms. The molecule has 2 aliphatic heterocycles.